The van der Waals surface area contributed by atoms with Crippen LogP contribution >= 0.6 is 0 Å². The minimum Gasteiger partial charge on any atom is -0.463 e. The molecule has 0 aliphatic carbocycles. The minimum absolute atomic E-state index is 0.116. The van der Waals surface area contributed by atoms with Crippen LogP contribution in [0.5, 0.6) is 0 Å². The fourth-order valence-electron chi connectivity index (χ4n) is 3.68. The van der Waals surface area contributed by atoms with Crippen LogP contribution in [0.25, 0.3) is 0 Å². The van der Waals surface area contributed by atoms with Crippen molar-refractivity contribution in [3.63, 3.8) is 0 Å². The van der Waals surface area contributed by atoms with Gasteiger partial charge in [-0.2, -0.15) is 0 Å². The highest BCUT2D eigenvalue weighted by Crippen LogP contribution is 2.58. The molecule has 0 saturated carbocycles. The van der Waals surface area contributed by atoms with Crippen LogP contribution in [0.2, 0.25) is 0 Å². The lowest BCUT2D eigenvalue weighted by Crippen LogP contribution is -2.68. The molecule has 3 saturated heterocycles. The van der Waals surface area contributed by atoms with E-state index in [4.69, 9.17) is 9.47 Å². The predicted molar refractivity (Wildman–Crippen MR) is 80.7 cm³/mol. The molecule has 1 aromatic carbocycles. The Hall–Kier alpha value is -1.35. The van der Waals surface area contributed by atoms with E-state index in [2.05, 4.69) is 20.8 Å². The molecule has 0 spiro atoms. The molecule has 4 rings (SSSR count). The van der Waals surface area contributed by atoms with E-state index in [1.807, 2.05) is 30.3 Å². The van der Waals surface area contributed by atoms with Gasteiger partial charge in [0.05, 0.1) is 12.7 Å². The lowest BCUT2D eigenvalue weighted by molar-refractivity contribution is -0.313. The maximum absolute atomic E-state index is 12.8. The highest BCUT2D eigenvalue weighted by atomic mass is 16.6. The SMILES string of the molecule is C[C@@H]1CCOC(=O)[C@]2(c3ccccc3)O[C@@H](CC1)C2(C)C. The maximum Gasteiger partial charge on any atom is 0.343 e. The Balaban J connectivity index is 1.99. The number of rotatable bonds is 1. The molecule has 114 valence electrons. The minimum atomic E-state index is -0.945. The Morgan fingerprint density at radius 2 is 1.81 bits per heavy atom. The van der Waals surface area contributed by atoms with Crippen LogP contribution in [0.4, 0.5) is 0 Å². The van der Waals surface area contributed by atoms with Gasteiger partial charge in [-0.3, -0.25) is 0 Å². The Kier molecular flexibility index (Phi) is 3.56. The van der Waals surface area contributed by atoms with Gasteiger partial charge in [0.1, 0.15) is 0 Å². The van der Waals surface area contributed by atoms with E-state index in [9.17, 15) is 4.79 Å². The Bertz CT molecular complexity index is 523. The van der Waals surface area contributed by atoms with Gasteiger partial charge >= 0.3 is 5.97 Å². The highest BCUT2D eigenvalue weighted by molar-refractivity contribution is 5.84. The zero-order chi connectivity index (χ0) is 15.1. The van der Waals surface area contributed by atoms with Crippen LogP contribution < -0.4 is 0 Å². The summed E-state index contributed by atoms with van der Waals surface area (Å²) in [6.45, 7) is 6.95. The molecule has 3 heteroatoms. The van der Waals surface area contributed by atoms with E-state index >= 15 is 0 Å². The largest absolute Gasteiger partial charge is 0.463 e. The van der Waals surface area contributed by atoms with Gasteiger partial charge in [0.15, 0.2) is 5.60 Å². The van der Waals surface area contributed by atoms with E-state index < -0.39 is 5.60 Å². The summed E-state index contributed by atoms with van der Waals surface area (Å²) in [5.41, 5.74) is -0.285. The summed E-state index contributed by atoms with van der Waals surface area (Å²) in [5, 5.41) is 0. The number of hydrogen-bond donors (Lipinski definition) is 0. The number of carbonyl (C=O) groups excluding carboxylic acids is 1. The van der Waals surface area contributed by atoms with Gasteiger partial charge in [0, 0.05) is 5.41 Å². The van der Waals surface area contributed by atoms with Crippen LogP contribution in [-0.2, 0) is 19.9 Å². The lowest BCUT2D eigenvalue weighted by Gasteiger charge is -2.59. The third-order valence-corrected chi connectivity index (χ3v) is 5.26. The number of carbonyl (C=O) groups is 1. The molecule has 3 atom stereocenters. The Labute approximate surface area is 126 Å². The number of fused-ring (bicyclic) bond motifs is 6. The average molecular weight is 288 g/mol. The van der Waals surface area contributed by atoms with Crippen LogP contribution in [-0.4, -0.2) is 18.7 Å². The number of hydrogen-bond acceptors (Lipinski definition) is 3. The predicted octanol–water partition coefficient (Wildman–Crippen LogP) is 3.67. The number of esters is 1. The van der Waals surface area contributed by atoms with Gasteiger partial charge in [-0.1, -0.05) is 51.1 Å². The molecule has 3 nitrogen and oxygen atoms in total. The van der Waals surface area contributed by atoms with Crippen molar-refractivity contribution in [1.29, 1.82) is 0 Å². The van der Waals surface area contributed by atoms with Gasteiger partial charge in [0.25, 0.3) is 0 Å². The fourth-order valence-corrected chi connectivity index (χ4v) is 3.68. The summed E-state index contributed by atoms with van der Waals surface area (Å²) in [6.07, 6.45) is 3.18. The molecule has 0 N–H and O–H groups in total. The topological polar surface area (TPSA) is 35.5 Å². The third kappa shape index (κ3) is 2.10. The molecule has 3 aliphatic rings. The van der Waals surface area contributed by atoms with E-state index in [0.717, 1.165) is 24.8 Å². The summed E-state index contributed by atoms with van der Waals surface area (Å²) in [4.78, 5) is 12.8. The second-order valence-electron chi connectivity index (χ2n) is 6.98. The van der Waals surface area contributed by atoms with Crippen LogP contribution in [0.1, 0.15) is 45.6 Å². The van der Waals surface area contributed by atoms with Crippen molar-refractivity contribution < 1.29 is 14.3 Å². The van der Waals surface area contributed by atoms with Crippen molar-refractivity contribution in [2.45, 2.75) is 51.7 Å². The molecule has 2 bridgehead atoms. The molecular weight excluding hydrogens is 264 g/mol. The molecule has 3 fully saturated rings. The summed E-state index contributed by atoms with van der Waals surface area (Å²) < 4.78 is 11.8. The first-order valence-corrected chi connectivity index (χ1v) is 7.89. The van der Waals surface area contributed by atoms with E-state index in [1.165, 1.54) is 0 Å². The number of benzene rings is 1. The van der Waals surface area contributed by atoms with Crippen LogP contribution in [0.3, 0.4) is 0 Å². The van der Waals surface area contributed by atoms with E-state index in [1.54, 1.807) is 0 Å². The van der Waals surface area contributed by atoms with Crippen molar-refractivity contribution in [2.24, 2.45) is 11.3 Å². The van der Waals surface area contributed by atoms with Crippen molar-refractivity contribution >= 4 is 5.97 Å². The van der Waals surface area contributed by atoms with Gasteiger partial charge in [-0.05, 0) is 30.7 Å². The molecule has 0 unspecified atom stereocenters. The first-order valence-electron chi connectivity index (χ1n) is 7.89. The van der Waals surface area contributed by atoms with E-state index in [0.29, 0.717) is 12.5 Å². The Morgan fingerprint density at radius 1 is 1.10 bits per heavy atom. The first-order chi connectivity index (χ1) is 9.98. The molecule has 0 aromatic heterocycles. The molecular formula is C18H24O3. The third-order valence-electron chi connectivity index (χ3n) is 5.26. The fraction of sp³-hybridized carbons (Fsp3) is 0.611. The zero-order valence-electron chi connectivity index (χ0n) is 13.1. The number of ether oxygens (including phenoxy) is 2. The molecule has 1 aromatic rings. The standard InChI is InChI=1S/C18H24O3/c1-13-9-10-15-17(2,3)18(21-15,16(19)20-12-11-13)14-7-5-4-6-8-14/h4-8,13,15H,9-12H2,1-3H3/t13-,15-,18-/m0/s1. The van der Waals surface area contributed by atoms with E-state index in [-0.39, 0.29) is 17.5 Å². The smallest absolute Gasteiger partial charge is 0.343 e. The quantitative estimate of drug-likeness (QED) is 0.740. The molecule has 0 amide bonds. The zero-order valence-corrected chi connectivity index (χ0v) is 13.1. The Morgan fingerprint density at radius 3 is 2.48 bits per heavy atom. The maximum atomic E-state index is 12.8. The normalized spacial score (nSPS) is 35.5. The van der Waals surface area contributed by atoms with Crippen molar-refractivity contribution in [3.8, 4) is 0 Å². The second-order valence-corrected chi connectivity index (χ2v) is 6.98. The van der Waals surface area contributed by atoms with Gasteiger partial charge in [-0.25, -0.2) is 4.79 Å². The first kappa shape index (κ1) is 14.6. The summed E-state index contributed by atoms with van der Waals surface area (Å²) in [5.74, 6) is 0.339. The highest BCUT2D eigenvalue weighted by Gasteiger charge is 2.67. The van der Waals surface area contributed by atoms with Gasteiger partial charge < -0.3 is 9.47 Å². The lowest BCUT2D eigenvalue weighted by atomic mass is 9.60. The molecule has 0 radical (unpaired) electrons. The van der Waals surface area contributed by atoms with Crippen LogP contribution in [0.15, 0.2) is 30.3 Å². The second kappa shape index (κ2) is 5.13. The summed E-state index contributed by atoms with van der Waals surface area (Å²) in [6, 6.07) is 9.79. The molecule has 3 aliphatic heterocycles. The summed E-state index contributed by atoms with van der Waals surface area (Å²) >= 11 is 0. The monoisotopic (exact) mass is 288 g/mol. The van der Waals surface area contributed by atoms with Gasteiger partial charge in [-0.15, -0.1) is 0 Å². The summed E-state index contributed by atoms with van der Waals surface area (Å²) in [7, 11) is 0. The molecule has 21 heavy (non-hydrogen) atoms. The van der Waals surface area contributed by atoms with Crippen molar-refractivity contribution in [2.75, 3.05) is 6.61 Å². The van der Waals surface area contributed by atoms with Crippen molar-refractivity contribution in [1.82, 2.24) is 0 Å². The average Bonchev–Trinajstić information content (AvgIpc) is 2.47. The van der Waals surface area contributed by atoms with Crippen molar-refractivity contribution in [3.05, 3.63) is 35.9 Å². The van der Waals surface area contributed by atoms with Gasteiger partial charge in [0.2, 0.25) is 0 Å². The van der Waals surface area contributed by atoms with Crippen LogP contribution in [0, 0.1) is 11.3 Å². The molecule has 3 heterocycles.